The molecule has 1 saturated heterocycles. The summed E-state index contributed by atoms with van der Waals surface area (Å²) in [6.45, 7) is 7.41. The molecule has 8 heteroatoms. The van der Waals surface area contributed by atoms with Crippen molar-refractivity contribution < 1.29 is 24.2 Å². The molecule has 6 rings (SSSR count). The lowest BCUT2D eigenvalue weighted by molar-refractivity contribution is -0.178. The Labute approximate surface area is 230 Å². The van der Waals surface area contributed by atoms with Gasteiger partial charge in [0.25, 0.3) is 0 Å². The van der Waals surface area contributed by atoms with Crippen molar-refractivity contribution in [3.05, 3.63) is 46.0 Å². The number of β-amino-alcohol motifs (C(OH)–C–C–N with tert-alkyl or cyclic N) is 1. The molecule has 4 aliphatic carbocycles. The SMILES string of the molecule is C[C@]12CC[C@H](OC(=O)NCCN3CC[C@H](O)C3)C=C1CC[C@@H]1[C@@H]2CC[C@]2(C)[C@@H](c3ccc(=O)oc3)CC[C@]12O. The average Bonchev–Trinajstić information content (AvgIpc) is 3.44. The van der Waals surface area contributed by atoms with Crippen LogP contribution in [0.2, 0.25) is 0 Å². The van der Waals surface area contributed by atoms with Crippen molar-refractivity contribution in [1.82, 2.24) is 10.2 Å². The van der Waals surface area contributed by atoms with Crippen molar-refractivity contribution in [2.24, 2.45) is 22.7 Å². The summed E-state index contributed by atoms with van der Waals surface area (Å²) in [6, 6.07) is 3.39. The number of aliphatic hydroxyl groups is 2. The number of amides is 1. The lowest BCUT2D eigenvalue weighted by Crippen LogP contribution is -2.60. The first-order valence-electron chi connectivity index (χ1n) is 15.0. The van der Waals surface area contributed by atoms with Crippen LogP contribution >= 0.6 is 0 Å². The fourth-order valence-electron chi connectivity index (χ4n) is 9.37. The van der Waals surface area contributed by atoms with Crippen molar-refractivity contribution in [1.29, 1.82) is 0 Å². The maximum atomic E-state index is 12.5. The maximum Gasteiger partial charge on any atom is 0.407 e. The quantitative estimate of drug-likeness (QED) is 0.485. The Morgan fingerprint density at radius 3 is 2.72 bits per heavy atom. The summed E-state index contributed by atoms with van der Waals surface area (Å²) in [7, 11) is 0. The molecular formula is C31H44N2O6. The van der Waals surface area contributed by atoms with Gasteiger partial charge in [0.2, 0.25) is 0 Å². The molecule has 0 aromatic carbocycles. The van der Waals surface area contributed by atoms with E-state index in [0.29, 0.717) is 19.0 Å². The van der Waals surface area contributed by atoms with Gasteiger partial charge in [-0.2, -0.15) is 0 Å². The predicted molar refractivity (Wildman–Crippen MR) is 146 cm³/mol. The second kappa shape index (κ2) is 10.0. The number of nitrogens with zero attached hydrogens (tertiary/aromatic N) is 1. The molecule has 8 atom stereocenters. The molecule has 4 fully saturated rings. The molecule has 0 unspecified atom stereocenters. The third-order valence-electron chi connectivity index (χ3n) is 11.6. The molecule has 1 aromatic heterocycles. The Kier molecular flexibility index (Phi) is 6.96. The van der Waals surface area contributed by atoms with E-state index in [9.17, 15) is 19.8 Å². The monoisotopic (exact) mass is 540 g/mol. The first-order valence-corrected chi connectivity index (χ1v) is 15.0. The van der Waals surface area contributed by atoms with Gasteiger partial charge in [0.15, 0.2) is 0 Å². The highest BCUT2D eigenvalue weighted by molar-refractivity contribution is 5.67. The molecule has 2 heterocycles. The molecule has 0 bridgehead atoms. The van der Waals surface area contributed by atoms with E-state index in [1.807, 2.05) is 6.07 Å². The standard InChI is InChI=1S/C31H44N2O6/c1-29-11-7-23(39-28(36)32-14-16-33-15-10-22(34)18-33)17-21(29)4-5-26-25(29)8-12-30(2)24(9-13-31(26,30)37)20-3-6-27(35)38-19-20/h3,6,17,19,22-26,34,37H,4-5,7-16,18H2,1-2H3,(H,32,36)/t22-,23-,24+,25-,26+,29-,30+,31-/m0/s1. The second-order valence-electron chi connectivity index (χ2n) is 13.4. The number of ether oxygens (including phenoxy) is 1. The average molecular weight is 541 g/mol. The first-order chi connectivity index (χ1) is 18.6. The normalized spacial score (nSPS) is 41.7. The number of likely N-dealkylation sites (tertiary alicyclic amines) is 1. The molecule has 39 heavy (non-hydrogen) atoms. The van der Waals surface area contributed by atoms with Crippen LogP contribution in [-0.4, -0.2) is 65.2 Å². The van der Waals surface area contributed by atoms with Crippen LogP contribution < -0.4 is 10.9 Å². The molecule has 3 saturated carbocycles. The van der Waals surface area contributed by atoms with Crippen molar-refractivity contribution in [2.45, 2.75) is 95.4 Å². The predicted octanol–water partition coefficient (Wildman–Crippen LogP) is 3.96. The number of carbonyl (C=O) groups excluding carboxylic acids is 1. The minimum absolute atomic E-state index is 0.0184. The number of hydrogen-bond donors (Lipinski definition) is 3. The zero-order valence-electron chi connectivity index (χ0n) is 23.4. The molecular weight excluding hydrogens is 496 g/mol. The van der Waals surface area contributed by atoms with Crippen molar-refractivity contribution in [3.8, 4) is 0 Å². The Morgan fingerprint density at radius 1 is 1.13 bits per heavy atom. The number of nitrogens with one attached hydrogen (secondary N) is 1. The summed E-state index contributed by atoms with van der Waals surface area (Å²) in [5.74, 6) is 0.841. The summed E-state index contributed by atoms with van der Waals surface area (Å²) < 4.78 is 11.0. The van der Waals surface area contributed by atoms with E-state index < -0.39 is 5.60 Å². The van der Waals surface area contributed by atoms with E-state index in [0.717, 1.165) is 76.4 Å². The van der Waals surface area contributed by atoms with E-state index in [1.54, 1.807) is 6.26 Å². The molecule has 214 valence electrons. The lowest BCUT2D eigenvalue weighted by Gasteiger charge is -2.61. The number of aliphatic hydroxyl groups excluding tert-OH is 1. The van der Waals surface area contributed by atoms with Crippen molar-refractivity contribution in [2.75, 3.05) is 26.2 Å². The minimum Gasteiger partial charge on any atom is -0.442 e. The number of carbonyl (C=O) groups is 1. The zero-order chi connectivity index (χ0) is 27.4. The molecule has 3 N–H and O–H groups in total. The Morgan fingerprint density at radius 2 is 1.97 bits per heavy atom. The van der Waals surface area contributed by atoms with Crippen LogP contribution in [0.4, 0.5) is 4.79 Å². The van der Waals surface area contributed by atoms with Crippen LogP contribution in [0.3, 0.4) is 0 Å². The van der Waals surface area contributed by atoms with E-state index in [2.05, 4.69) is 30.1 Å². The Bertz CT molecular complexity index is 1160. The summed E-state index contributed by atoms with van der Waals surface area (Å²) in [4.78, 5) is 26.2. The van der Waals surface area contributed by atoms with Gasteiger partial charge < -0.3 is 24.7 Å². The summed E-state index contributed by atoms with van der Waals surface area (Å²) >= 11 is 0. The fraction of sp³-hybridized carbons (Fsp3) is 0.742. The summed E-state index contributed by atoms with van der Waals surface area (Å²) in [5.41, 5.74) is 1.14. The van der Waals surface area contributed by atoms with Gasteiger partial charge in [-0.25, -0.2) is 9.59 Å². The maximum absolute atomic E-state index is 12.5. The van der Waals surface area contributed by atoms with Gasteiger partial charge in [0.1, 0.15) is 6.10 Å². The van der Waals surface area contributed by atoms with Crippen LogP contribution in [-0.2, 0) is 4.74 Å². The van der Waals surface area contributed by atoms with Crippen LogP contribution in [0.25, 0.3) is 0 Å². The highest BCUT2D eigenvalue weighted by Gasteiger charge is 2.66. The number of hydrogen-bond acceptors (Lipinski definition) is 7. The summed E-state index contributed by atoms with van der Waals surface area (Å²) in [6.07, 6.45) is 11.1. The second-order valence-corrected chi connectivity index (χ2v) is 13.4. The van der Waals surface area contributed by atoms with Gasteiger partial charge in [-0.05, 0) is 98.7 Å². The largest absolute Gasteiger partial charge is 0.442 e. The number of alkyl carbamates (subject to hydrolysis) is 1. The first kappa shape index (κ1) is 27.0. The van der Waals surface area contributed by atoms with Crippen LogP contribution in [0.5, 0.6) is 0 Å². The van der Waals surface area contributed by atoms with Gasteiger partial charge in [-0.3, -0.25) is 4.90 Å². The highest BCUT2D eigenvalue weighted by atomic mass is 16.6. The van der Waals surface area contributed by atoms with Gasteiger partial charge in [-0.1, -0.05) is 19.4 Å². The van der Waals surface area contributed by atoms with Crippen LogP contribution in [0, 0.1) is 22.7 Å². The third-order valence-corrected chi connectivity index (χ3v) is 11.6. The number of rotatable bonds is 5. The van der Waals surface area contributed by atoms with Crippen molar-refractivity contribution in [3.63, 3.8) is 0 Å². The smallest absolute Gasteiger partial charge is 0.407 e. The Hall–Kier alpha value is -2.16. The van der Waals surface area contributed by atoms with Crippen molar-refractivity contribution >= 4 is 6.09 Å². The van der Waals surface area contributed by atoms with Gasteiger partial charge in [-0.15, -0.1) is 0 Å². The van der Waals surface area contributed by atoms with Gasteiger partial charge >= 0.3 is 11.7 Å². The molecule has 0 radical (unpaired) electrons. The lowest BCUT2D eigenvalue weighted by atomic mass is 9.45. The molecule has 8 nitrogen and oxygen atoms in total. The molecule has 1 aliphatic heterocycles. The Balaban J connectivity index is 1.11. The molecule has 0 spiro atoms. The minimum atomic E-state index is -0.732. The van der Waals surface area contributed by atoms with Crippen LogP contribution in [0.1, 0.15) is 83.1 Å². The van der Waals surface area contributed by atoms with E-state index in [1.165, 1.54) is 11.6 Å². The molecule has 1 amide bonds. The molecule has 1 aromatic rings. The zero-order valence-corrected chi connectivity index (χ0v) is 23.4. The highest BCUT2D eigenvalue weighted by Crippen LogP contribution is 2.70. The van der Waals surface area contributed by atoms with Crippen LogP contribution in [0.15, 0.2) is 39.3 Å². The number of allylic oxidation sites excluding steroid dienone is 1. The van der Waals surface area contributed by atoms with Gasteiger partial charge in [0, 0.05) is 37.7 Å². The molecule has 5 aliphatic rings. The third kappa shape index (κ3) is 4.56. The fourth-order valence-corrected chi connectivity index (χ4v) is 9.37. The van der Waals surface area contributed by atoms with E-state index in [-0.39, 0.29) is 46.6 Å². The van der Waals surface area contributed by atoms with E-state index in [4.69, 9.17) is 9.15 Å². The van der Waals surface area contributed by atoms with E-state index >= 15 is 0 Å². The summed E-state index contributed by atoms with van der Waals surface area (Å²) in [5, 5.41) is 24.9. The number of fused-ring (bicyclic) bond motifs is 5. The van der Waals surface area contributed by atoms with Gasteiger partial charge in [0.05, 0.1) is 18.0 Å². The topological polar surface area (TPSA) is 112 Å².